The molecule has 4 aliphatic carbocycles. The smallest absolute Gasteiger partial charge is 0.243 e. The summed E-state index contributed by atoms with van der Waals surface area (Å²) in [5, 5.41) is 0. The van der Waals surface area contributed by atoms with Gasteiger partial charge < -0.3 is 9.53 Å². The number of hydroxylamine groups is 2. The lowest BCUT2D eigenvalue weighted by atomic mass is 9.45. The molecule has 0 aromatic carbocycles. The van der Waals surface area contributed by atoms with Crippen molar-refractivity contribution >= 4 is 12.2 Å². The van der Waals surface area contributed by atoms with Crippen LogP contribution in [0.2, 0.25) is 0 Å². The SMILES string of the molecule is C#C.CC.CC.CCCC.CCCCC=O.CNOCCONC(=O)CCCC1CCC2C3CCC4CCCCC4(C)C3CCC12C.COC. The van der Waals surface area contributed by atoms with Crippen molar-refractivity contribution in [3.05, 3.63) is 0 Å². The molecule has 4 fully saturated rings. The summed E-state index contributed by atoms with van der Waals surface area (Å²) in [5.74, 6) is 4.69. The second-order valence-corrected chi connectivity index (χ2v) is 14.3. The molecule has 2 N–H and O–H groups in total. The molecule has 0 radical (unpaired) electrons. The molecule has 298 valence electrons. The van der Waals surface area contributed by atoms with Gasteiger partial charge in [-0.1, -0.05) is 94.4 Å². The summed E-state index contributed by atoms with van der Waals surface area (Å²) in [6.45, 7) is 20.5. The minimum Gasteiger partial charge on any atom is -0.388 e. The van der Waals surface area contributed by atoms with E-state index in [9.17, 15) is 9.59 Å². The average molecular weight is 711 g/mol. The minimum atomic E-state index is -0.00332. The summed E-state index contributed by atoms with van der Waals surface area (Å²) < 4.78 is 4.25. The Bertz CT molecular complexity index is 790. The number of fused-ring (bicyclic) bond motifs is 5. The van der Waals surface area contributed by atoms with Crippen LogP contribution in [0, 0.1) is 53.3 Å². The van der Waals surface area contributed by atoms with Gasteiger partial charge in [-0.15, -0.1) is 12.8 Å². The van der Waals surface area contributed by atoms with Gasteiger partial charge in [-0.3, -0.25) is 14.5 Å². The Morgan fingerprint density at radius 2 is 1.38 bits per heavy atom. The van der Waals surface area contributed by atoms with Crippen LogP contribution >= 0.6 is 0 Å². The number of hydrogen-bond donors (Lipinski definition) is 2. The number of amides is 1. The molecule has 0 heterocycles. The molecule has 7 heteroatoms. The summed E-state index contributed by atoms with van der Waals surface area (Å²) in [6, 6.07) is 0. The Morgan fingerprint density at radius 1 is 0.780 bits per heavy atom. The Balaban J connectivity index is -0.000000974. The minimum absolute atomic E-state index is 0.00332. The van der Waals surface area contributed by atoms with E-state index in [4.69, 9.17) is 9.68 Å². The van der Waals surface area contributed by atoms with Crippen LogP contribution in [0.4, 0.5) is 0 Å². The quantitative estimate of drug-likeness (QED) is 0.0856. The molecule has 0 spiro atoms. The first-order valence-electron chi connectivity index (χ1n) is 20.6. The monoisotopic (exact) mass is 711 g/mol. The molecule has 4 saturated carbocycles. The van der Waals surface area contributed by atoms with E-state index in [1.54, 1.807) is 21.3 Å². The molecular formula is C43H86N2O5. The van der Waals surface area contributed by atoms with Crippen molar-refractivity contribution in [3.63, 3.8) is 0 Å². The lowest BCUT2D eigenvalue weighted by Crippen LogP contribution is -2.52. The zero-order chi connectivity index (χ0) is 38.8. The fraction of sp³-hybridized carbons (Fsp3) is 0.907. The molecule has 0 saturated heterocycles. The van der Waals surface area contributed by atoms with E-state index in [-0.39, 0.29) is 5.91 Å². The predicted molar refractivity (Wildman–Crippen MR) is 214 cm³/mol. The van der Waals surface area contributed by atoms with Crippen LogP contribution in [0.25, 0.3) is 0 Å². The van der Waals surface area contributed by atoms with Gasteiger partial charge in [0, 0.05) is 34.1 Å². The van der Waals surface area contributed by atoms with Crippen LogP contribution < -0.4 is 11.0 Å². The lowest BCUT2D eigenvalue weighted by Gasteiger charge is -2.60. The van der Waals surface area contributed by atoms with Crippen LogP contribution in [0.3, 0.4) is 0 Å². The number of rotatable bonds is 13. The van der Waals surface area contributed by atoms with Crippen molar-refractivity contribution in [1.82, 2.24) is 11.0 Å². The van der Waals surface area contributed by atoms with Crippen LogP contribution in [0.5, 0.6) is 0 Å². The molecule has 0 aromatic heterocycles. The number of terminal acetylenes is 1. The van der Waals surface area contributed by atoms with E-state index >= 15 is 0 Å². The summed E-state index contributed by atoms with van der Waals surface area (Å²) in [6.07, 6.45) is 31.9. The molecule has 0 aromatic rings. The first-order chi connectivity index (χ1) is 24.2. The van der Waals surface area contributed by atoms with Gasteiger partial charge in [0.05, 0.1) is 6.61 Å². The maximum absolute atomic E-state index is 12.1. The van der Waals surface area contributed by atoms with Gasteiger partial charge >= 0.3 is 0 Å². The van der Waals surface area contributed by atoms with Crippen LogP contribution in [0.15, 0.2) is 0 Å². The van der Waals surface area contributed by atoms with Crippen molar-refractivity contribution in [2.45, 2.75) is 178 Å². The van der Waals surface area contributed by atoms with E-state index < -0.39 is 0 Å². The molecule has 0 bridgehead atoms. The Hall–Kier alpha value is -1.46. The van der Waals surface area contributed by atoms with Crippen molar-refractivity contribution in [2.75, 3.05) is 34.5 Å². The topological polar surface area (TPSA) is 85.9 Å². The van der Waals surface area contributed by atoms with Crippen LogP contribution in [0.1, 0.15) is 178 Å². The van der Waals surface area contributed by atoms with Gasteiger partial charge in [-0.25, -0.2) is 11.0 Å². The maximum Gasteiger partial charge on any atom is 0.243 e. The molecule has 7 nitrogen and oxygen atoms in total. The van der Waals surface area contributed by atoms with Crippen LogP contribution in [-0.4, -0.2) is 46.7 Å². The highest BCUT2D eigenvalue weighted by Crippen LogP contribution is 2.67. The number of unbranched alkanes of at least 4 members (excludes halogenated alkanes) is 3. The Labute approximate surface area is 312 Å². The number of aldehydes is 1. The maximum atomic E-state index is 12.1. The summed E-state index contributed by atoms with van der Waals surface area (Å²) in [7, 11) is 4.96. The molecular weight excluding hydrogens is 624 g/mol. The molecule has 50 heavy (non-hydrogen) atoms. The number of hydrogen-bond acceptors (Lipinski definition) is 6. The van der Waals surface area contributed by atoms with Gasteiger partial charge in [0.2, 0.25) is 5.91 Å². The third-order valence-corrected chi connectivity index (χ3v) is 11.5. The number of ether oxygens (including phenoxy) is 1. The molecule has 7 atom stereocenters. The van der Waals surface area contributed by atoms with Gasteiger partial charge in [0.15, 0.2) is 0 Å². The predicted octanol–water partition coefficient (Wildman–Crippen LogP) is 11.2. The zero-order valence-corrected chi connectivity index (χ0v) is 35.3. The molecule has 4 rings (SSSR count). The number of nitrogens with one attached hydrogen (secondary N) is 2. The fourth-order valence-electron chi connectivity index (χ4n) is 9.04. The van der Waals surface area contributed by atoms with Gasteiger partial charge in [0.1, 0.15) is 12.9 Å². The zero-order valence-electron chi connectivity index (χ0n) is 35.3. The van der Waals surface area contributed by atoms with E-state index in [0.717, 1.165) is 61.6 Å². The highest BCUT2D eigenvalue weighted by molar-refractivity contribution is 5.74. The van der Waals surface area contributed by atoms with Gasteiger partial charge in [-0.05, 0) is 111 Å². The van der Waals surface area contributed by atoms with Crippen molar-refractivity contribution < 1.29 is 24.0 Å². The van der Waals surface area contributed by atoms with E-state index in [1.165, 1.54) is 83.5 Å². The average Bonchev–Trinajstić information content (AvgIpc) is 3.49. The Morgan fingerprint density at radius 3 is 1.92 bits per heavy atom. The Kier molecular flexibility index (Phi) is 36.6. The van der Waals surface area contributed by atoms with Crippen LogP contribution in [-0.2, 0) is 24.0 Å². The third kappa shape index (κ3) is 18.9. The largest absolute Gasteiger partial charge is 0.388 e. The first-order valence-corrected chi connectivity index (χ1v) is 20.6. The van der Waals surface area contributed by atoms with Crippen molar-refractivity contribution in [1.29, 1.82) is 0 Å². The second kappa shape index (κ2) is 34.6. The summed E-state index contributed by atoms with van der Waals surface area (Å²) in [5.41, 5.74) is 6.29. The van der Waals surface area contributed by atoms with E-state index in [1.807, 2.05) is 27.7 Å². The highest BCUT2D eigenvalue weighted by atomic mass is 16.7. The molecule has 4 aliphatic rings. The second-order valence-electron chi connectivity index (χ2n) is 14.3. The highest BCUT2D eigenvalue weighted by Gasteiger charge is 2.59. The molecule has 0 aliphatic heterocycles. The number of carbonyl (C=O) groups is 2. The lowest BCUT2D eigenvalue weighted by molar-refractivity contribution is -0.135. The number of carbonyl (C=O) groups excluding carboxylic acids is 2. The standard InChI is InChI=1S/C26H46N2O3.C5H10O.C4H10.C2H6O.2C2H6.C2H2/c1-25-15-5-4-7-19(25)10-12-21-22-13-11-20(26(22,2)16-14-23(21)25)8-6-9-24(29)28-31-18-17-30-27-3;1-2-3-4-5-6;1-3-4-2;1-3-2;3*1-2/h19-23,27H,4-18H2,1-3H3,(H,28,29);5H,2-4H2,1H3;3-4H2,1-2H3;1-2H3;2*1-2H3;1-2H. The summed E-state index contributed by atoms with van der Waals surface area (Å²) >= 11 is 0. The molecule has 1 amide bonds. The fourth-order valence-corrected chi connectivity index (χ4v) is 9.04. The normalized spacial score (nSPS) is 28.2. The van der Waals surface area contributed by atoms with Crippen molar-refractivity contribution in [2.24, 2.45) is 40.4 Å². The van der Waals surface area contributed by atoms with Gasteiger partial charge in [0.25, 0.3) is 0 Å². The third-order valence-electron chi connectivity index (χ3n) is 11.5. The van der Waals surface area contributed by atoms with Gasteiger partial charge in [-0.2, -0.15) is 0 Å². The molecule has 7 unspecified atom stereocenters. The van der Waals surface area contributed by atoms with E-state index in [0.29, 0.717) is 30.5 Å². The summed E-state index contributed by atoms with van der Waals surface area (Å²) in [4.78, 5) is 31.8. The van der Waals surface area contributed by atoms with E-state index in [2.05, 4.69) is 63.2 Å². The first kappa shape index (κ1) is 52.9. The number of methoxy groups -OCH3 is 1. The van der Waals surface area contributed by atoms with Crippen molar-refractivity contribution in [3.8, 4) is 12.8 Å².